The Labute approximate surface area is 91.0 Å². The zero-order chi connectivity index (χ0) is 10.6. The summed E-state index contributed by atoms with van der Waals surface area (Å²) in [5.41, 5.74) is 1.35. The van der Waals surface area contributed by atoms with Gasteiger partial charge in [-0.3, -0.25) is 4.90 Å². The maximum atomic E-state index is 4.51. The third kappa shape index (κ3) is 2.55. The number of rotatable bonds is 1. The van der Waals surface area contributed by atoms with Crippen LogP contribution in [0.15, 0.2) is 0 Å². The number of aromatic nitrogens is 1. The van der Waals surface area contributed by atoms with E-state index in [4.69, 9.17) is 0 Å². The molecular formula is C11H20N2S. The molecule has 1 aliphatic heterocycles. The van der Waals surface area contributed by atoms with Gasteiger partial charge in [0.25, 0.3) is 0 Å². The summed E-state index contributed by atoms with van der Waals surface area (Å²) >= 11 is 1.86. The van der Waals surface area contributed by atoms with Gasteiger partial charge in [0.2, 0.25) is 0 Å². The Morgan fingerprint density at radius 3 is 2.79 bits per heavy atom. The molecule has 0 atom stereocenters. The predicted molar refractivity (Wildman–Crippen MR) is 62.9 cm³/mol. The summed E-state index contributed by atoms with van der Waals surface area (Å²) in [5.74, 6) is 0. The van der Waals surface area contributed by atoms with Gasteiger partial charge in [-0.2, -0.15) is 0 Å². The Morgan fingerprint density at radius 1 is 1.43 bits per heavy atom. The molecule has 0 aliphatic carbocycles. The molecule has 1 aromatic rings. The molecule has 0 amide bonds. The molecule has 0 aromatic carbocycles. The Kier molecular flexibility index (Phi) is 4.55. The lowest BCUT2D eigenvalue weighted by molar-refractivity contribution is 0.270. The number of hydrogen-bond acceptors (Lipinski definition) is 3. The van der Waals surface area contributed by atoms with Gasteiger partial charge in [-0.05, 0) is 13.5 Å². The highest BCUT2D eigenvalue weighted by Gasteiger charge is 2.17. The van der Waals surface area contributed by atoms with Gasteiger partial charge in [-0.15, -0.1) is 11.3 Å². The Hall–Kier alpha value is -0.410. The van der Waals surface area contributed by atoms with Crippen molar-refractivity contribution in [3.63, 3.8) is 0 Å². The highest BCUT2D eigenvalue weighted by atomic mass is 32.1. The average Bonchev–Trinajstić information content (AvgIpc) is 2.59. The van der Waals surface area contributed by atoms with Gasteiger partial charge in [0, 0.05) is 24.4 Å². The molecular weight excluding hydrogens is 192 g/mol. The largest absolute Gasteiger partial charge is 0.298 e. The van der Waals surface area contributed by atoms with Crippen molar-refractivity contribution in [1.29, 1.82) is 0 Å². The molecule has 0 spiro atoms. The predicted octanol–water partition coefficient (Wildman–Crippen LogP) is 2.86. The first-order valence-corrected chi connectivity index (χ1v) is 6.28. The standard InChI is InChI=1S/C9H14N2S.C2H6/c1-3-11-5-4-8-9(6-11)12-7(2)10-8;1-2/h3-6H2,1-2H3;1-2H3. The van der Waals surface area contributed by atoms with E-state index in [2.05, 4.69) is 23.7 Å². The van der Waals surface area contributed by atoms with Crippen LogP contribution in [0.3, 0.4) is 0 Å². The molecule has 2 heterocycles. The number of hydrogen-bond donors (Lipinski definition) is 0. The topological polar surface area (TPSA) is 16.1 Å². The van der Waals surface area contributed by atoms with E-state index in [9.17, 15) is 0 Å². The molecule has 0 unspecified atom stereocenters. The molecule has 2 rings (SSSR count). The normalized spacial score (nSPS) is 15.7. The second kappa shape index (κ2) is 5.47. The van der Waals surface area contributed by atoms with Gasteiger partial charge in [0.15, 0.2) is 0 Å². The van der Waals surface area contributed by atoms with E-state index < -0.39 is 0 Å². The lowest BCUT2D eigenvalue weighted by Gasteiger charge is -2.23. The van der Waals surface area contributed by atoms with Crippen LogP contribution in [0.4, 0.5) is 0 Å². The van der Waals surface area contributed by atoms with Crippen molar-refractivity contribution in [2.24, 2.45) is 0 Å². The summed E-state index contributed by atoms with van der Waals surface area (Å²) in [5, 5.41) is 1.22. The lowest BCUT2D eigenvalue weighted by atomic mass is 10.2. The minimum absolute atomic E-state index is 1.12. The summed E-state index contributed by atoms with van der Waals surface area (Å²) in [6, 6.07) is 0. The monoisotopic (exact) mass is 212 g/mol. The van der Waals surface area contributed by atoms with Gasteiger partial charge in [0.05, 0.1) is 10.7 Å². The highest BCUT2D eigenvalue weighted by Crippen LogP contribution is 2.24. The third-order valence-corrected chi connectivity index (χ3v) is 3.36. The fourth-order valence-electron chi connectivity index (χ4n) is 1.65. The third-order valence-electron chi connectivity index (χ3n) is 2.36. The fraction of sp³-hybridized carbons (Fsp3) is 0.727. The van der Waals surface area contributed by atoms with Crippen LogP contribution in [0, 0.1) is 6.92 Å². The quantitative estimate of drug-likeness (QED) is 0.711. The number of aryl methyl sites for hydroxylation is 1. The first-order valence-electron chi connectivity index (χ1n) is 5.47. The summed E-state index contributed by atoms with van der Waals surface area (Å²) in [7, 11) is 0. The van der Waals surface area contributed by atoms with Crippen molar-refractivity contribution in [1.82, 2.24) is 9.88 Å². The minimum Gasteiger partial charge on any atom is -0.298 e. The fourth-order valence-corrected chi connectivity index (χ4v) is 2.67. The van der Waals surface area contributed by atoms with Gasteiger partial charge >= 0.3 is 0 Å². The maximum absolute atomic E-state index is 4.51. The second-order valence-corrected chi connectivity index (χ2v) is 4.51. The molecule has 1 aliphatic rings. The number of fused-ring (bicyclic) bond motifs is 1. The number of nitrogens with zero attached hydrogens (tertiary/aromatic N) is 2. The summed E-state index contributed by atoms with van der Waals surface area (Å²) in [4.78, 5) is 8.47. The molecule has 0 saturated heterocycles. The summed E-state index contributed by atoms with van der Waals surface area (Å²) in [6.07, 6.45) is 1.15. The summed E-state index contributed by atoms with van der Waals surface area (Å²) < 4.78 is 0. The maximum Gasteiger partial charge on any atom is 0.0900 e. The van der Waals surface area contributed by atoms with Gasteiger partial charge in [-0.25, -0.2) is 4.98 Å². The SMILES string of the molecule is CC.CCN1CCc2nc(C)sc2C1. The van der Waals surface area contributed by atoms with Crippen molar-refractivity contribution in [2.75, 3.05) is 13.1 Å². The molecule has 80 valence electrons. The van der Waals surface area contributed by atoms with Crippen molar-refractivity contribution in [3.05, 3.63) is 15.6 Å². The van der Waals surface area contributed by atoms with E-state index in [1.165, 1.54) is 22.1 Å². The molecule has 0 saturated carbocycles. The van der Waals surface area contributed by atoms with Crippen LogP contribution in [0.1, 0.15) is 36.3 Å². The number of likely N-dealkylation sites (N-methyl/N-ethyl adjacent to an activating group) is 1. The van der Waals surface area contributed by atoms with Crippen LogP contribution >= 0.6 is 11.3 Å². The highest BCUT2D eigenvalue weighted by molar-refractivity contribution is 7.11. The molecule has 2 nitrogen and oxygen atoms in total. The van der Waals surface area contributed by atoms with Crippen molar-refractivity contribution < 1.29 is 0 Å². The zero-order valence-electron chi connectivity index (χ0n) is 9.63. The molecule has 1 aromatic heterocycles. The van der Waals surface area contributed by atoms with Crippen molar-refractivity contribution in [3.8, 4) is 0 Å². The van der Waals surface area contributed by atoms with Crippen molar-refractivity contribution in [2.45, 2.75) is 40.7 Å². The zero-order valence-corrected chi connectivity index (χ0v) is 10.4. The first kappa shape index (κ1) is 11.7. The Bertz CT molecular complexity index is 281. The smallest absolute Gasteiger partial charge is 0.0900 e. The lowest BCUT2D eigenvalue weighted by Crippen LogP contribution is -2.29. The van der Waals surface area contributed by atoms with Gasteiger partial charge in [-0.1, -0.05) is 20.8 Å². The molecule has 0 N–H and O–H groups in total. The molecule has 0 bridgehead atoms. The number of thiazole rings is 1. The van der Waals surface area contributed by atoms with E-state index in [0.29, 0.717) is 0 Å². The molecule has 3 heteroatoms. The molecule has 14 heavy (non-hydrogen) atoms. The van der Waals surface area contributed by atoms with E-state index in [-0.39, 0.29) is 0 Å². The second-order valence-electron chi connectivity index (χ2n) is 3.22. The van der Waals surface area contributed by atoms with E-state index >= 15 is 0 Å². The van der Waals surface area contributed by atoms with E-state index in [1.54, 1.807) is 0 Å². The van der Waals surface area contributed by atoms with E-state index in [0.717, 1.165) is 19.5 Å². The van der Waals surface area contributed by atoms with E-state index in [1.807, 2.05) is 25.2 Å². The van der Waals surface area contributed by atoms with Crippen LogP contribution < -0.4 is 0 Å². The van der Waals surface area contributed by atoms with Crippen LogP contribution in [-0.2, 0) is 13.0 Å². The van der Waals surface area contributed by atoms with Crippen LogP contribution in [-0.4, -0.2) is 23.0 Å². The van der Waals surface area contributed by atoms with Crippen LogP contribution in [0.5, 0.6) is 0 Å². The first-order chi connectivity index (χ1) is 6.79. The molecule has 0 radical (unpaired) electrons. The van der Waals surface area contributed by atoms with Gasteiger partial charge < -0.3 is 0 Å². The minimum atomic E-state index is 1.12. The van der Waals surface area contributed by atoms with Crippen LogP contribution in [0.2, 0.25) is 0 Å². The Morgan fingerprint density at radius 2 is 2.14 bits per heavy atom. The van der Waals surface area contributed by atoms with Crippen molar-refractivity contribution >= 4 is 11.3 Å². The average molecular weight is 212 g/mol. The van der Waals surface area contributed by atoms with Crippen LogP contribution in [0.25, 0.3) is 0 Å². The summed E-state index contributed by atoms with van der Waals surface area (Å²) in [6.45, 7) is 11.8. The molecule has 0 fully saturated rings. The Balaban J connectivity index is 0.000000461. The van der Waals surface area contributed by atoms with Gasteiger partial charge in [0.1, 0.15) is 0 Å².